The van der Waals surface area contributed by atoms with E-state index in [1.54, 1.807) is 12.4 Å². The molecule has 0 spiro atoms. The van der Waals surface area contributed by atoms with Gasteiger partial charge < -0.3 is 4.98 Å². The predicted octanol–water partition coefficient (Wildman–Crippen LogP) is 2.95. The molecule has 0 atom stereocenters. The van der Waals surface area contributed by atoms with Crippen LogP contribution in [-0.4, -0.2) is 33.7 Å². The SMILES string of the molecule is O=C(Cc1cccc2ccccc12)C1CCN(Cc2ncc[nH]c2=O)CC1. The van der Waals surface area contributed by atoms with Crippen LogP contribution in [0.3, 0.4) is 0 Å². The van der Waals surface area contributed by atoms with Gasteiger partial charge in [0.15, 0.2) is 0 Å². The smallest absolute Gasteiger partial charge is 0.270 e. The molecule has 5 heteroatoms. The van der Waals surface area contributed by atoms with E-state index >= 15 is 0 Å². The second kappa shape index (κ2) is 7.84. The van der Waals surface area contributed by atoms with Crippen LogP contribution < -0.4 is 5.56 Å². The molecule has 2 aromatic carbocycles. The summed E-state index contributed by atoms with van der Waals surface area (Å²) in [6.07, 6.45) is 5.33. The van der Waals surface area contributed by atoms with Crippen LogP contribution >= 0.6 is 0 Å². The first kappa shape index (κ1) is 17.6. The molecule has 1 aliphatic heterocycles. The molecule has 3 aromatic rings. The Kier molecular flexibility index (Phi) is 5.12. The van der Waals surface area contributed by atoms with E-state index in [4.69, 9.17) is 0 Å². The number of fused-ring (bicyclic) bond motifs is 1. The van der Waals surface area contributed by atoms with Gasteiger partial charge >= 0.3 is 0 Å². The van der Waals surface area contributed by atoms with Crippen LogP contribution in [0.4, 0.5) is 0 Å². The summed E-state index contributed by atoms with van der Waals surface area (Å²) in [4.78, 5) is 33.6. The molecule has 0 bridgehead atoms. The van der Waals surface area contributed by atoms with Crippen LogP contribution in [0.5, 0.6) is 0 Å². The summed E-state index contributed by atoms with van der Waals surface area (Å²) in [6.45, 7) is 2.18. The normalized spacial score (nSPS) is 15.9. The first-order valence-corrected chi connectivity index (χ1v) is 9.45. The van der Waals surface area contributed by atoms with Gasteiger partial charge in [-0.15, -0.1) is 0 Å². The van der Waals surface area contributed by atoms with E-state index in [-0.39, 0.29) is 11.5 Å². The van der Waals surface area contributed by atoms with Crippen LogP contribution in [0.2, 0.25) is 0 Å². The lowest BCUT2D eigenvalue weighted by atomic mass is 9.88. The summed E-state index contributed by atoms with van der Waals surface area (Å²) in [6, 6.07) is 14.4. The zero-order chi connectivity index (χ0) is 18.6. The quantitative estimate of drug-likeness (QED) is 0.759. The molecule has 1 aromatic heterocycles. The minimum Gasteiger partial charge on any atom is -0.326 e. The third kappa shape index (κ3) is 3.98. The lowest BCUT2D eigenvalue weighted by Crippen LogP contribution is -2.37. The first-order chi connectivity index (χ1) is 13.2. The zero-order valence-corrected chi connectivity index (χ0v) is 15.2. The van der Waals surface area contributed by atoms with Crippen molar-refractivity contribution in [1.82, 2.24) is 14.9 Å². The van der Waals surface area contributed by atoms with Crippen molar-refractivity contribution in [2.45, 2.75) is 25.8 Å². The van der Waals surface area contributed by atoms with Gasteiger partial charge in [0, 0.05) is 31.3 Å². The van der Waals surface area contributed by atoms with E-state index in [0.717, 1.165) is 31.5 Å². The Bertz CT molecular complexity index is 998. The number of likely N-dealkylation sites (tertiary alicyclic amines) is 1. The average molecular weight is 361 g/mol. The lowest BCUT2D eigenvalue weighted by molar-refractivity contribution is -0.123. The van der Waals surface area contributed by atoms with Crippen molar-refractivity contribution in [3.63, 3.8) is 0 Å². The fourth-order valence-corrected chi connectivity index (χ4v) is 3.90. The van der Waals surface area contributed by atoms with Crippen molar-refractivity contribution < 1.29 is 4.79 Å². The molecule has 5 nitrogen and oxygen atoms in total. The summed E-state index contributed by atoms with van der Waals surface area (Å²) in [7, 11) is 0. The second-order valence-electron chi connectivity index (χ2n) is 7.20. The maximum Gasteiger partial charge on any atom is 0.270 e. The molecule has 2 heterocycles. The topological polar surface area (TPSA) is 66.1 Å². The minimum absolute atomic E-state index is 0.0993. The zero-order valence-electron chi connectivity index (χ0n) is 15.2. The summed E-state index contributed by atoms with van der Waals surface area (Å²) in [5.41, 5.74) is 1.52. The van der Waals surface area contributed by atoms with Gasteiger partial charge in [-0.3, -0.25) is 19.5 Å². The summed E-state index contributed by atoms with van der Waals surface area (Å²) >= 11 is 0. The fraction of sp³-hybridized carbons (Fsp3) is 0.318. The monoisotopic (exact) mass is 361 g/mol. The number of ketones is 1. The van der Waals surface area contributed by atoms with Crippen molar-refractivity contribution >= 4 is 16.6 Å². The molecule has 0 saturated carbocycles. The summed E-state index contributed by atoms with van der Waals surface area (Å²) < 4.78 is 0. The molecule has 138 valence electrons. The van der Waals surface area contributed by atoms with E-state index in [0.29, 0.717) is 24.4 Å². The molecule has 1 N–H and O–H groups in total. The Morgan fingerprint density at radius 1 is 1.11 bits per heavy atom. The first-order valence-electron chi connectivity index (χ1n) is 9.45. The van der Waals surface area contributed by atoms with E-state index in [2.05, 4.69) is 39.1 Å². The van der Waals surface area contributed by atoms with Gasteiger partial charge in [0.05, 0.1) is 0 Å². The molecule has 1 fully saturated rings. The number of hydrogen-bond acceptors (Lipinski definition) is 4. The maximum absolute atomic E-state index is 12.8. The molecule has 1 saturated heterocycles. The highest BCUT2D eigenvalue weighted by molar-refractivity contribution is 5.91. The van der Waals surface area contributed by atoms with Crippen molar-refractivity contribution in [3.8, 4) is 0 Å². The fourth-order valence-electron chi connectivity index (χ4n) is 3.90. The molecular weight excluding hydrogens is 338 g/mol. The molecule has 0 aliphatic carbocycles. The number of benzene rings is 2. The number of nitrogens with one attached hydrogen (secondary N) is 1. The van der Waals surface area contributed by atoms with Crippen molar-refractivity contribution in [2.75, 3.05) is 13.1 Å². The highest BCUT2D eigenvalue weighted by Crippen LogP contribution is 2.24. The van der Waals surface area contributed by atoms with E-state index in [1.807, 2.05) is 18.2 Å². The Hall–Kier alpha value is -2.79. The molecule has 0 radical (unpaired) electrons. The third-order valence-corrected chi connectivity index (χ3v) is 5.44. The average Bonchev–Trinajstić information content (AvgIpc) is 2.70. The number of aromatic nitrogens is 2. The molecular formula is C22H23N3O2. The van der Waals surface area contributed by atoms with Crippen molar-refractivity contribution in [3.05, 3.63) is 76.5 Å². The molecule has 0 unspecified atom stereocenters. The van der Waals surface area contributed by atoms with Crippen LogP contribution in [-0.2, 0) is 17.8 Å². The maximum atomic E-state index is 12.8. The Labute approximate surface area is 158 Å². The van der Waals surface area contributed by atoms with Gasteiger partial charge in [-0.1, -0.05) is 42.5 Å². The van der Waals surface area contributed by atoms with Crippen LogP contribution in [0.25, 0.3) is 10.8 Å². The Balaban J connectivity index is 1.37. The standard InChI is InChI=1S/C22H23N3O2/c26-21(14-18-6-3-5-16-4-1-2-7-19(16)18)17-8-12-25(13-9-17)15-20-22(27)24-11-10-23-20/h1-7,10-11,17H,8-9,12-15H2,(H,24,27). The summed E-state index contributed by atoms with van der Waals surface area (Å²) in [5.74, 6) is 0.420. The lowest BCUT2D eigenvalue weighted by Gasteiger charge is -2.30. The van der Waals surface area contributed by atoms with Gasteiger partial charge in [0.25, 0.3) is 5.56 Å². The van der Waals surface area contributed by atoms with E-state index in [1.165, 1.54) is 10.8 Å². The molecule has 4 rings (SSSR count). The number of piperidine rings is 1. The van der Waals surface area contributed by atoms with E-state index < -0.39 is 0 Å². The number of rotatable bonds is 5. The number of hydrogen-bond donors (Lipinski definition) is 1. The predicted molar refractivity (Wildman–Crippen MR) is 106 cm³/mol. The Morgan fingerprint density at radius 3 is 2.70 bits per heavy atom. The molecule has 0 amide bonds. The second-order valence-corrected chi connectivity index (χ2v) is 7.20. The van der Waals surface area contributed by atoms with Crippen LogP contribution in [0.1, 0.15) is 24.1 Å². The minimum atomic E-state index is -0.133. The van der Waals surface area contributed by atoms with E-state index in [9.17, 15) is 9.59 Å². The number of H-pyrrole nitrogens is 1. The molecule has 27 heavy (non-hydrogen) atoms. The van der Waals surface area contributed by atoms with Crippen LogP contribution in [0.15, 0.2) is 59.7 Å². The van der Waals surface area contributed by atoms with Gasteiger partial charge in [0.1, 0.15) is 11.5 Å². The highest BCUT2D eigenvalue weighted by atomic mass is 16.1. The van der Waals surface area contributed by atoms with Gasteiger partial charge in [0.2, 0.25) is 0 Å². The highest BCUT2D eigenvalue weighted by Gasteiger charge is 2.25. The Morgan fingerprint density at radius 2 is 1.89 bits per heavy atom. The van der Waals surface area contributed by atoms with Crippen molar-refractivity contribution in [1.29, 1.82) is 0 Å². The van der Waals surface area contributed by atoms with Gasteiger partial charge in [-0.2, -0.15) is 0 Å². The third-order valence-electron chi connectivity index (χ3n) is 5.44. The van der Waals surface area contributed by atoms with Crippen molar-refractivity contribution in [2.24, 2.45) is 5.92 Å². The largest absolute Gasteiger partial charge is 0.326 e. The number of aromatic amines is 1. The number of carbonyl (C=O) groups excluding carboxylic acids is 1. The molecule has 1 aliphatic rings. The number of carbonyl (C=O) groups is 1. The van der Waals surface area contributed by atoms with Gasteiger partial charge in [-0.05, 0) is 42.3 Å². The van der Waals surface area contributed by atoms with Crippen LogP contribution in [0, 0.1) is 5.92 Å². The van der Waals surface area contributed by atoms with Gasteiger partial charge in [-0.25, -0.2) is 0 Å². The number of nitrogens with zero attached hydrogens (tertiary/aromatic N) is 2. The number of Topliss-reactive ketones (excluding diaryl/α,β-unsaturated/α-hetero) is 1. The summed E-state index contributed by atoms with van der Waals surface area (Å²) in [5, 5.41) is 2.35.